The number of aryl methyl sites for hydroxylation is 4. The summed E-state index contributed by atoms with van der Waals surface area (Å²) in [6, 6.07) is 8.36. The van der Waals surface area contributed by atoms with E-state index in [2.05, 4.69) is 4.72 Å². The van der Waals surface area contributed by atoms with E-state index in [9.17, 15) is 13.2 Å². The standard InChI is InChI=1S/C22H25NO5S/c1-12(2)27-22(24)21-16(6)28-19-8-7-17(11-18(19)21)23-29(25,26)20-10-14(4)13(3)9-15(20)5/h7-12,23H,1-6H3. The smallest absolute Gasteiger partial charge is 0.342 e. The molecule has 0 amide bonds. The lowest BCUT2D eigenvalue weighted by Gasteiger charge is -2.13. The summed E-state index contributed by atoms with van der Waals surface area (Å²) < 4.78 is 39.5. The van der Waals surface area contributed by atoms with Crippen LogP contribution in [0.25, 0.3) is 11.0 Å². The van der Waals surface area contributed by atoms with Crippen LogP contribution in [0.1, 0.15) is 46.7 Å². The summed E-state index contributed by atoms with van der Waals surface area (Å²) >= 11 is 0. The van der Waals surface area contributed by atoms with Crippen molar-refractivity contribution in [1.29, 1.82) is 0 Å². The van der Waals surface area contributed by atoms with Gasteiger partial charge in [-0.25, -0.2) is 13.2 Å². The van der Waals surface area contributed by atoms with Crippen LogP contribution in [-0.2, 0) is 14.8 Å². The number of furan rings is 1. The van der Waals surface area contributed by atoms with E-state index in [4.69, 9.17) is 9.15 Å². The Bertz CT molecular complexity index is 1210. The third kappa shape index (κ3) is 4.15. The first-order chi connectivity index (χ1) is 13.5. The molecule has 6 nitrogen and oxygen atoms in total. The van der Waals surface area contributed by atoms with E-state index in [1.807, 2.05) is 19.9 Å². The lowest BCUT2D eigenvalue weighted by Crippen LogP contribution is -2.15. The van der Waals surface area contributed by atoms with E-state index in [1.54, 1.807) is 52.0 Å². The molecule has 3 rings (SSSR count). The fourth-order valence-electron chi connectivity index (χ4n) is 3.24. The van der Waals surface area contributed by atoms with Crippen LogP contribution < -0.4 is 4.72 Å². The van der Waals surface area contributed by atoms with E-state index < -0.39 is 16.0 Å². The van der Waals surface area contributed by atoms with E-state index in [1.165, 1.54) is 0 Å². The minimum absolute atomic E-state index is 0.225. The minimum Gasteiger partial charge on any atom is -0.460 e. The Morgan fingerprint density at radius 2 is 1.66 bits per heavy atom. The quantitative estimate of drug-likeness (QED) is 0.591. The number of anilines is 1. The molecular weight excluding hydrogens is 390 g/mol. The second-order valence-electron chi connectivity index (χ2n) is 7.51. The lowest BCUT2D eigenvalue weighted by atomic mass is 10.1. The summed E-state index contributed by atoms with van der Waals surface area (Å²) in [6.45, 7) is 10.8. The van der Waals surface area contributed by atoms with Gasteiger partial charge in [-0.05, 0) is 82.5 Å². The third-order valence-electron chi connectivity index (χ3n) is 4.74. The van der Waals surface area contributed by atoms with Gasteiger partial charge in [-0.15, -0.1) is 0 Å². The number of hydrogen-bond donors (Lipinski definition) is 1. The normalized spacial score (nSPS) is 11.8. The van der Waals surface area contributed by atoms with Gasteiger partial charge in [0.1, 0.15) is 16.9 Å². The first kappa shape index (κ1) is 20.9. The second-order valence-corrected chi connectivity index (χ2v) is 9.16. The number of rotatable bonds is 5. The lowest BCUT2D eigenvalue weighted by molar-refractivity contribution is 0.0378. The zero-order valence-corrected chi connectivity index (χ0v) is 18.2. The minimum atomic E-state index is -3.79. The summed E-state index contributed by atoms with van der Waals surface area (Å²) in [5, 5.41) is 0.505. The molecule has 0 aliphatic carbocycles. The van der Waals surface area contributed by atoms with Crippen molar-refractivity contribution in [1.82, 2.24) is 0 Å². The van der Waals surface area contributed by atoms with Crippen LogP contribution in [0.4, 0.5) is 5.69 Å². The summed E-state index contributed by atoms with van der Waals surface area (Å²) in [7, 11) is -3.79. The van der Waals surface area contributed by atoms with Crippen LogP contribution in [0.3, 0.4) is 0 Å². The predicted octanol–water partition coefficient (Wildman–Crippen LogP) is 5.03. The third-order valence-corrected chi connectivity index (χ3v) is 6.27. The number of nitrogens with one attached hydrogen (secondary N) is 1. The first-order valence-corrected chi connectivity index (χ1v) is 10.8. The maximum Gasteiger partial charge on any atom is 0.342 e. The van der Waals surface area contributed by atoms with E-state index in [-0.39, 0.29) is 11.0 Å². The van der Waals surface area contributed by atoms with Gasteiger partial charge in [0.2, 0.25) is 0 Å². The van der Waals surface area contributed by atoms with Crippen molar-refractivity contribution in [3.63, 3.8) is 0 Å². The average Bonchev–Trinajstić information content (AvgIpc) is 2.92. The van der Waals surface area contributed by atoms with E-state index in [0.717, 1.165) is 11.1 Å². The summed E-state index contributed by atoms with van der Waals surface area (Å²) in [6.07, 6.45) is -0.277. The average molecular weight is 416 g/mol. The van der Waals surface area contributed by atoms with Gasteiger partial charge in [0.15, 0.2) is 0 Å². The number of fused-ring (bicyclic) bond motifs is 1. The molecule has 0 saturated heterocycles. The van der Waals surface area contributed by atoms with Gasteiger partial charge in [0.05, 0.1) is 11.0 Å². The van der Waals surface area contributed by atoms with Crippen molar-refractivity contribution < 1.29 is 22.4 Å². The molecule has 1 aromatic heterocycles. The van der Waals surface area contributed by atoms with Crippen LogP contribution in [0.5, 0.6) is 0 Å². The highest BCUT2D eigenvalue weighted by atomic mass is 32.2. The number of hydrogen-bond acceptors (Lipinski definition) is 5. The molecule has 0 spiro atoms. The SMILES string of the molecule is Cc1cc(C)c(S(=O)(=O)Nc2ccc3oc(C)c(C(=O)OC(C)C)c3c2)cc1C. The Morgan fingerprint density at radius 3 is 2.31 bits per heavy atom. The number of ether oxygens (including phenoxy) is 1. The second kappa shape index (κ2) is 7.55. The molecule has 154 valence electrons. The van der Waals surface area contributed by atoms with Crippen molar-refractivity contribution in [3.05, 3.63) is 58.3 Å². The Labute approximate surface area is 170 Å². The van der Waals surface area contributed by atoms with Crippen molar-refractivity contribution in [2.45, 2.75) is 52.5 Å². The van der Waals surface area contributed by atoms with Gasteiger partial charge >= 0.3 is 5.97 Å². The summed E-state index contributed by atoms with van der Waals surface area (Å²) in [5.41, 5.74) is 3.73. The zero-order chi connectivity index (χ0) is 21.5. The fourth-order valence-corrected chi connectivity index (χ4v) is 4.61. The number of benzene rings is 2. The molecule has 0 aliphatic heterocycles. The molecular formula is C22H25NO5S. The van der Waals surface area contributed by atoms with Gasteiger partial charge in [0, 0.05) is 11.1 Å². The molecule has 1 heterocycles. The molecule has 7 heteroatoms. The van der Waals surface area contributed by atoms with Gasteiger partial charge in [-0.1, -0.05) is 6.07 Å². The molecule has 0 bridgehead atoms. The Morgan fingerprint density at radius 1 is 1.00 bits per heavy atom. The van der Waals surface area contributed by atoms with E-state index >= 15 is 0 Å². The molecule has 0 aliphatic rings. The maximum atomic E-state index is 13.0. The summed E-state index contributed by atoms with van der Waals surface area (Å²) in [5.74, 6) is -0.0723. The van der Waals surface area contributed by atoms with Crippen LogP contribution in [0.2, 0.25) is 0 Å². The van der Waals surface area contributed by atoms with Gasteiger partial charge in [0.25, 0.3) is 10.0 Å². The van der Waals surface area contributed by atoms with Crippen molar-refractivity contribution >= 4 is 32.6 Å². The Balaban J connectivity index is 2.03. The number of carbonyl (C=O) groups excluding carboxylic acids is 1. The molecule has 0 fully saturated rings. The zero-order valence-electron chi connectivity index (χ0n) is 17.4. The van der Waals surface area contributed by atoms with Crippen molar-refractivity contribution in [2.24, 2.45) is 0 Å². The molecule has 29 heavy (non-hydrogen) atoms. The van der Waals surface area contributed by atoms with Crippen molar-refractivity contribution in [3.8, 4) is 0 Å². The number of carbonyl (C=O) groups is 1. The highest BCUT2D eigenvalue weighted by Crippen LogP contribution is 2.30. The van der Waals surface area contributed by atoms with Crippen LogP contribution in [-0.4, -0.2) is 20.5 Å². The van der Waals surface area contributed by atoms with Gasteiger partial charge in [-0.3, -0.25) is 4.72 Å². The molecule has 0 radical (unpaired) electrons. The molecule has 2 aromatic carbocycles. The maximum absolute atomic E-state index is 13.0. The van der Waals surface area contributed by atoms with Crippen molar-refractivity contribution in [2.75, 3.05) is 4.72 Å². The predicted molar refractivity (Wildman–Crippen MR) is 113 cm³/mol. The topological polar surface area (TPSA) is 85.6 Å². The molecule has 0 atom stereocenters. The molecule has 3 aromatic rings. The largest absolute Gasteiger partial charge is 0.460 e. The van der Waals surface area contributed by atoms with Gasteiger partial charge < -0.3 is 9.15 Å². The molecule has 0 saturated carbocycles. The first-order valence-electron chi connectivity index (χ1n) is 9.34. The summed E-state index contributed by atoms with van der Waals surface area (Å²) in [4.78, 5) is 12.7. The number of esters is 1. The van der Waals surface area contributed by atoms with Crippen LogP contribution in [0.15, 0.2) is 39.6 Å². The van der Waals surface area contributed by atoms with Gasteiger partial charge in [-0.2, -0.15) is 0 Å². The fraction of sp³-hybridized carbons (Fsp3) is 0.318. The molecule has 1 N–H and O–H groups in total. The number of sulfonamides is 1. The Hall–Kier alpha value is -2.80. The highest BCUT2D eigenvalue weighted by molar-refractivity contribution is 7.92. The molecule has 0 unspecified atom stereocenters. The van der Waals surface area contributed by atoms with Crippen LogP contribution in [0, 0.1) is 27.7 Å². The highest BCUT2D eigenvalue weighted by Gasteiger charge is 2.23. The van der Waals surface area contributed by atoms with Crippen LogP contribution >= 0.6 is 0 Å². The van der Waals surface area contributed by atoms with E-state index in [0.29, 0.717) is 33.5 Å². The monoisotopic (exact) mass is 415 g/mol. The Kier molecular flexibility index (Phi) is 5.45.